The summed E-state index contributed by atoms with van der Waals surface area (Å²) >= 11 is 0. The predicted molar refractivity (Wildman–Crippen MR) is 103 cm³/mol. The van der Waals surface area contributed by atoms with Gasteiger partial charge in [0.05, 0.1) is 18.9 Å². The first-order valence-electron chi connectivity index (χ1n) is 9.57. The van der Waals surface area contributed by atoms with E-state index in [-0.39, 0.29) is 17.4 Å². The van der Waals surface area contributed by atoms with Crippen molar-refractivity contribution in [1.82, 2.24) is 10.3 Å². The molecule has 1 saturated carbocycles. The van der Waals surface area contributed by atoms with Gasteiger partial charge in [0.2, 0.25) is 0 Å². The number of aromatic nitrogens is 1. The Morgan fingerprint density at radius 1 is 1.21 bits per heavy atom. The van der Waals surface area contributed by atoms with Gasteiger partial charge in [0.1, 0.15) is 11.8 Å². The molecule has 1 unspecified atom stereocenters. The first kappa shape index (κ1) is 18.8. The zero-order chi connectivity index (χ0) is 19.8. The molecule has 1 aliphatic carbocycles. The molecule has 146 valence electrons. The smallest absolute Gasteiger partial charge is 0.269 e. The minimum absolute atomic E-state index is 0.0238. The highest BCUT2D eigenvalue weighted by Gasteiger charge is 2.54. The van der Waals surface area contributed by atoms with E-state index in [2.05, 4.69) is 10.3 Å². The van der Waals surface area contributed by atoms with E-state index >= 15 is 0 Å². The van der Waals surface area contributed by atoms with Crippen molar-refractivity contribution in [2.24, 2.45) is 17.8 Å². The second-order valence-electron chi connectivity index (χ2n) is 7.71. The van der Waals surface area contributed by atoms with Gasteiger partial charge in [-0.05, 0) is 42.4 Å². The summed E-state index contributed by atoms with van der Waals surface area (Å²) in [6, 6.07) is 10.6. The Balaban J connectivity index is 1.62. The number of aliphatic hydroxyl groups is 1. The van der Waals surface area contributed by atoms with Gasteiger partial charge in [0.25, 0.3) is 5.91 Å². The van der Waals surface area contributed by atoms with Crippen molar-refractivity contribution in [2.45, 2.75) is 19.4 Å². The maximum absolute atomic E-state index is 12.9. The molecule has 2 N–H and O–H groups in total. The monoisotopic (exact) mass is 380 g/mol. The fourth-order valence-electron chi connectivity index (χ4n) is 4.01. The Kier molecular flexibility index (Phi) is 5.00. The second kappa shape index (κ2) is 7.45. The molecule has 1 aliphatic heterocycles. The summed E-state index contributed by atoms with van der Waals surface area (Å²) < 4.78 is 5.39. The van der Waals surface area contributed by atoms with Crippen LogP contribution in [0.2, 0.25) is 0 Å². The van der Waals surface area contributed by atoms with Crippen molar-refractivity contribution in [3.05, 3.63) is 64.5 Å². The van der Waals surface area contributed by atoms with Crippen LogP contribution >= 0.6 is 0 Å². The number of nitrogens with zero attached hydrogens (tertiary/aromatic N) is 1. The first-order chi connectivity index (χ1) is 13.5. The van der Waals surface area contributed by atoms with E-state index in [1.165, 1.54) is 13.1 Å². The summed E-state index contributed by atoms with van der Waals surface area (Å²) in [7, 11) is 1.51. The number of fused-ring (bicyclic) bond motifs is 1. The first-order valence-corrected chi connectivity index (χ1v) is 9.57. The van der Waals surface area contributed by atoms with Crippen LogP contribution in [0.4, 0.5) is 0 Å². The number of benzene rings is 1. The van der Waals surface area contributed by atoms with E-state index in [0.29, 0.717) is 41.0 Å². The van der Waals surface area contributed by atoms with Crippen LogP contribution in [-0.2, 0) is 4.74 Å². The summed E-state index contributed by atoms with van der Waals surface area (Å²) in [6.07, 6.45) is -0.568. The molecular formula is C22H24N2O4. The molecule has 6 heteroatoms. The number of Topliss-reactive ketones (excluding diaryl/α,β-unsaturated/α-hetero) is 1. The number of carbonyl (C=O) groups is 2. The molecular weight excluding hydrogens is 356 g/mol. The summed E-state index contributed by atoms with van der Waals surface area (Å²) in [5, 5.41) is 13.3. The van der Waals surface area contributed by atoms with Gasteiger partial charge < -0.3 is 15.2 Å². The third kappa shape index (κ3) is 3.57. The third-order valence-electron chi connectivity index (χ3n) is 5.85. The molecule has 6 nitrogen and oxygen atoms in total. The van der Waals surface area contributed by atoms with Crippen molar-refractivity contribution in [1.29, 1.82) is 0 Å². The Labute approximate surface area is 163 Å². The zero-order valence-corrected chi connectivity index (χ0v) is 16.0. The summed E-state index contributed by atoms with van der Waals surface area (Å²) in [6.45, 7) is 3.44. The van der Waals surface area contributed by atoms with Crippen molar-refractivity contribution >= 4 is 11.7 Å². The summed E-state index contributed by atoms with van der Waals surface area (Å²) in [5.41, 5.74) is 2.60. The van der Waals surface area contributed by atoms with Gasteiger partial charge in [-0.2, -0.15) is 0 Å². The maximum atomic E-state index is 12.9. The van der Waals surface area contributed by atoms with Crippen molar-refractivity contribution in [3.8, 4) is 0 Å². The number of ketones is 1. The minimum Gasteiger partial charge on any atom is -0.382 e. The molecule has 2 aromatic rings. The number of nitrogens with one attached hydrogen (secondary N) is 1. The van der Waals surface area contributed by atoms with E-state index < -0.39 is 6.10 Å². The van der Waals surface area contributed by atoms with E-state index in [0.717, 1.165) is 18.8 Å². The van der Waals surface area contributed by atoms with Crippen molar-refractivity contribution in [3.63, 3.8) is 0 Å². The van der Waals surface area contributed by atoms with Gasteiger partial charge in [-0.1, -0.05) is 29.8 Å². The quantitative estimate of drug-likeness (QED) is 0.751. The van der Waals surface area contributed by atoms with Gasteiger partial charge in [0.15, 0.2) is 5.78 Å². The number of amides is 1. The van der Waals surface area contributed by atoms with Crippen LogP contribution in [0.25, 0.3) is 0 Å². The van der Waals surface area contributed by atoms with E-state index in [1.807, 2.05) is 31.2 Å². The Hall–Kier alpha value is -2.57. The maximum Gasteiger partial charge on any atom is 0.269 e. The molecule has 28 heavy (non-hydrogen) atoms. The van der Waals surface area contributed by atoms with Crippen LogP contribution in [-0.4, -0.2) is 42.0 Å². The van der Waals surface area contributed by atoms with Crippen LogP contribution in [0.3, 0.4) is 0 Å². The lowest BCUT2D eigenvalue weighted by Gasteiger charge is -2.14. The van der Waals surface area contributed by atoms with Gasteiger partial charge in [-0.3, -0.25) is 9.59 Å². The number of rotatable bonds is 6. The normalized spacial score (nSPS) is 23.8. The Bertz CT molecular complexity index is 899. The summed E-state index contributed by atoms with van der Waals surface area (Å²) in [4.78, 5) is 29.3. The number of hydrogen-bond donors (Lipinski definition) is 2. The van der Waals surface area contributed by atoms with Gasteiger partial charge >= 0.3 is 0 Å². The molecule has 2 heterocycles. The van der Waals surface area contributed by atoms with Crippen LogP contribution in [0, 0.1) is 24.7 Å². The molecule has 0 spiro atoms. The number of carbonyl (C=O) groups excluding carboxylic acids is 2. The molecule has 2 aliphatic rings. The largest absolute Gasteiger partial charge is 0.382 e. The van der Waals surface area contributed by atoms with Crippen molar-refractivity contribution < 1.29 is 19.4 Å². The molecule has 4 rings (SSSR count). The molecule has 1 saturated heterocycles. The molecule has 4 atom stereocenters. The van der Waals surface area contributed by atoms with E-state index in [9.17, 15) is 14.7 Å². The predicted octanol–water partition coefficient (Wildman–Crippen LogP) is 2.30. The Morgan fingerprint density at radius 2 is 1.89 bits per heavy atom. The Morgan fingerprint density at radius 3 is 2.54 bits per heavy atom. The van der Waals surface area contributed by atoms with Crippen LogP contribution < -0.4 is 5.32 Å². The molecule has 0 radical (unpaired) electrons. The summed E-state index contributed by atoms with van der Waals surface area (Å²) in [5.74, 6) is 0.931. The zero-order valence-electron chi connectivity index (χ0n) is 16.0. The van der Waals surface area contributed by atoms with Gasteiger partial charge in [0, 0.05) is 19.0 Å². The highest BCUT2D eigenvalue weighted by molar-refractivity contribution is 6.00. The fraction of sp³-hybridized carbons (Fsp3) is 0.409. The van der Waals surface area contributed by atoms with E-state index in [1.54, 1.807) is 6.07 Å². The second-order valence-corrected chi connectivity index (χ2v) is 7.71. The van der Waals surface area contributed by atoms with Gasteiger partial charge in [-0.25, -0.2) is 4.98 Å². The minimum atomic E-state index is -1.01. The number of pyridine rings is 1. The fourth-order valence-corrected chi connectivity index (χ4v) is 4.01. The lowest BCUT2D eigenvalue weighted by Crippen LogP contribution is -2.21. The molecule has 2 fully saturated rings. The molecule has 1 aromatic heterocycles. The number of aryl methyl sites for hydroxylation is 1. The standard InChI is InChI=1S/C22H24N2O4/c1-12-3-5-13(6-4-12)21(26)18-7-14(8-19(24-18)22(27)23-2)20(25)9-15-16-10-28-11-17(15)16/h3-8,15-17,21,26H,9-11H2,1-2H3,(H,23,27)/t15?,16-,17+,21-/m1/s1. The number of ether oxygens (including phenoxy) is 1. The molecule has 1 amide bonds. The van der Waals surface area contributed by atoms with Gasteiger partial charge in [-0.15, -0.1) is 0 Å². The van der Waals surface area contributed by atoms with Crippen molar-refractivity contribution in [2.75, 3.05) is 20.3 Å². The van der Waals surface area contributed by atoms with Crippen LogP contribution in [0.5, 0.6) is 0 Å². The average molecular weight is 380 g/mol. The van der Waals surface area contributed by atoms with Crippen LogP contribution in [0.15, 0.2) is 36.4 Å². The molecule has 1 aromatic carbocycles. The highest BCUT2D eigenvalue weighted by Crippen LogP contribution is 2.52. The van der Waals surface area contributed by atoms with Crippen LogP contribution in [0.1, 0.15) is 50.2 Å². The third-order valence-corrected chi connectivity index (χ3v) is 5.85. The topological polar surface area (TPSA) is 88.5 Å². The number of aliphatic hydroxyl groups excluding tert-OH is 1. The molecule has 0 bridgehead atoms. The SMILES string of the molecule is CNC(=O)c1cc(C(=O)CC2[C@H]3COC[C@@H]23)cc([C@H](O)c2ccc(C)cc2)n1. The highest BCUT2D eigenvalue weighted by atomic mass is 16.5. The van der Waals surface area contributed by atoms with E-state index in [4.69, 9.17) is 4.74 Å². The lowest BCUT2D eigenvalue weighted by atomic mass is 9.99. The lowest BCUT2D eigenvalue weighted by molar-refractivity contribution is 0.0950. The average Bonchev–Trinajstić information content (AvgIpc) is 3.13. The number of hydrogen-bond acceptors (Lipinski definition) is 5.